The lowest BCUT2D eigenvalue weighted by Crippen LogP contribution is -2.42. The topological polar surface area (TPSA) is 142 Å². The van der Waals surface area contributed by atoms with Gasteiger partial charge in [0.25, 0.3) is 0 Å². The highest BCUT2D eigenvalue weighted by molar-refractivity contribution is 7.93. The number of sulfonamides is 1. The van der Waals surface area contributed by atoms with Crippen LogP contribution in [0.15, 0.2) is 29.8 Å². The molecule has 1 aromatic rings. The standard InChI is InChI=1S/C17H19Cl2NO8S/c18-9-1-2-12(11(19)5-9)20-29(25,26)15-3-4-17(6-10(15)16(23)24)27-13(7-21)14(8-22)28-17/h1-2,5-6,13-15,20-22H,3-4,7-8H2,(H,23,24)/t13-,14-,15?/m1/s1. The number of aliphatic hydroxyl groups is 2. The number of carboxylic acids is 1. The molecule has 1 saturated heterocycles. The molecule has 12 heteroatoms. The van der Waals surface area contributed by atoms with Crippen LogP contribution in [0.4, 0.5) is 5.69 Å². The van der Waals surface area contributed by atoms with E-state index in [0.29, 0.717) is 5.02 Å². The number of aliphatic carboxylic acids is 1. The molecule has 1 aromatic carbocycles. The van der Waals surface area contributed by atoms with Crippen LogP contribution in [0.3, 0.4) is 0 Å². The molecule has 9 nitrogen and oxygen atoms in total. The fraction of sp³-hybridized carbons (Fsp3) is 0.471. The van der Waals surface area contributed by atoms with Gasteiger partial charge in [-0.3, -0.25) is 4.72 Å². The lowest BCUT2D eigenvalue weighted by molar-refractivity contribution is -0.153. The summed E-state index contributed by atoms with van der Waals surface area (Å²) in [4.78, 5) is 11.8. The smallest absolute Gasteiger partial charge is 0.332 e. The first-order valence-corrected chi connectivity index (χ1v) is 10.9. The van der Waals surface area contributed by atoms with Gasteiger partial charge in [0.1, 0.15) is 17.5 Å². The van der Waals surface area contributed by atoms with Gasteiger partial charge in [-0.25, -0.2) is 13.2 Å². The molecule has 1 aliphatic carbocycles. The summed E-state index contributed by atoms with van der Waals surface area (Å²) in [6.45, 7) is -0.886. The Hall–Kier alpha value is -1.40. The van der Waals surface area contributed by atoms with Crippen molar-refractivity contribution in [3.8, 4) is 0 Å². The van der Waals surface area contributed by atoms with Gasteiger partial charge in [0.2, 0.25) is 10.0 Å². The number of carboxylic acid groups (broad SMARTS) is 1. The van der Waals surface area contributed by atoms with Crippen molar-refractivity contribution in [2.75, 3.05) is 17.9 Å². The Balaban J connectivity index is 1.91. The van der Waals surface area contributed by atoms with Crippen LogP contribution in [0.1, 0.15) is 12.8 Å². The number of hydrogen-bond acceptors (Lipinski definition) is 7. The molecule has 4 N–H and O–H groups in total. The quantitative estimate of drug-likeness (QED) is 0.491. The van der Waals surface area contributed by atoms with E-state index in [1.807, 2.05) is 0 Å². The Bertz CT molecular complexity index is 923. The zero-order valence-electron chi connectivity index (χ0n) is 14.9. The van der Waals surface area contributed by atoms with Gasteiger partial charge in [0.05, 0.1) is 29.5 Å². The normalized spacial score (nSPS) is 26.3. The third-order valence-corrected chi connectivity index (χ3v) is 7.05. The fourth-order valence-electron chi connectivity index (χ4n) is 3.40. The molecule has 1 fully saturated rings. The van der Waals surface area contributed by atoms with Crippen LogP contribution in [-0.2, 0) is 24.3 Å². The number of halogens is 2. The maximum absolute atomic E-state index is 12.9. The molecule has 1 heterocycles. The number of nitrogens with one attached hydrogen (secondary N) is 1. The molecule has 0 aromatic heterocycles. The Labute approximate surface area is 176 Å². The maximum Gasteiger partial charge on any atom is 0.332 e. The van der Waals surface area contributed by atoms with Crippen molar-refractivity contribution >= 4 is 44.9 Å². The zero-order chi connectivity index (χ0) is 21.4. The summed E-state index contributed by atoms with van der Waals surface area (Å²) in [7, 11) is -4.19. The molecule has 1 unspecified atom stereocenters. The molecule has 1 aliphatic heterocycles. The van der Waals surface area contributed by atoms with Crippen LogP contribution in [0.25, 0.3) is 0 Å². The first kappa shape index (κ1) is 22.3. The minimum atomic E-state index is -4.19. The van der Waals surface area contributed by atoms with Crippen LogP contribution >= 0.6 is 23.2 Å². The van der Waals surface area contributed by atoms with Gasteiger partial charge in [0, 0.05) is 11.4 Å². The van der Waals surface area contributed by atoms with E-state index >= 15 is 0 Å². The molecule has 160 valence electrons. The molecule has 0 amide bonds. The van der Waals surface area contributed by atoms with Crippen molar-refractivity contribution in [3.05, 3.63) is 39.9 Å². The second-order valence-corrected chi connectivity index (χ2v) is 9.40. The summed E-state index contributed by atoms with van der Waals surface area (Å²) in [5.74, 6) is -2.99. The summed E-state index contributed by atoms with van der Waals surface area (Å²) in [6.07, 6.45) is -0.744. The Morgan fingerprint density at radius 3 is 2.34 bits per heavy atom. The minimum absolute atomic E-state index is 0.0106. The molecule has 3 rings (SSSR count). The van der Waals surface area contributed by atoms with Gasteiger partial charge in [0.15, 0.2) is 5.79 Å². The first-order chi connectivity index (χ1) is 13.6. The third kappa shape index (κ3) is 4.53. The van der Waals surface area contributed by atoms with E-state index in [9.17, 15) is 28.5 Å². The maximum atomic E-state index is 12.9. The van der Waals surface area contributed by atoms with Crippen molar-refractivity contribution in [2.45, 2.75) is 36.1 Å². The van der Waals surface area contributed by atoms with E-state index in [2.05, 4.69) is 4.72 Å². The molecular weight excluding hydrogens is 449 g/mol. The Morgan fingerprint density at radius 2 is 1.83 bits per heavy atom. The van der Waals surface area contributed by atoms with E-state index in [0.717, 1.165) is 6.08 Å². The van der Waals surface area contributed by atoms with Crippen LogP contribution in [-0.4, -0.2) is 66.2 Å². The Morgan fingerprint density at radius 1 is 1.21 bits per heavy atom. The number of aliphatic hydroxyl groups excluding tert-OH is 2. The largest absolute Gasteiger partial charge is 0.478 e. The average Bonchev–Trinajstić information content (AvgIpc) is 3.01. The van der Waals surface area contributed by atoms with Crippen molar-refractivity contribution in [3.63, 3.8) is 0 Å². The van der Waals surface area contributed by atoms with E-state index < -0.39 is 58.0 Å². The van der Waals surface area contributed by atoms with E-state index in [4.69, 9.17) is 32.7 Å². The highest BCUT2D eigenvalue weighted by atomic mass is 35.5. The van der Waals surface area contributed by atoms with Gasteiger partial charge in [-0.15, -0.1) is 0 Å². The number of rotatable bonds is 6. The Kier molecular flexibility index (Phi) is 6.44. The van der Waals surface area contributed by atoms with Crippen molar-refractivity contribution < 1.29 is 38.0 Å². The second kappa shape index (κ2) is 8.38. The van der Waals surface area contributed by atoms with Crippen LogP contribution in [0.5, 0.6) is 0 Å². The van der Waals surface area contributed by atoms with Gasteiger partial charge in [-0.05, 0) is 30.7 Å². The van der Waals surface area contributed by atoms with Crippen LogP contribution < -0.4 is 4.72 Å². The molecular formula is C17H19Cl2NO8S. The van der Waals surface area contributed by atoms with E-state index in [-0.39, 0.29) is 23.6 Å². The number of benzene rings is 1. The average molecular weight is 468 g/mol. The molecule has 29 heavy (non-hydrogen) atoms. The van der Waals surface area contributed by atoms with Crippen LogP contribution in [0.2, 0.25) is 10.0 Å². The first-order valence-electron chi connectivity index (χ1n) is 8.61. The van der Waals surface area contributed by atoms with Gasteiger partial charge in [-0.2, -0.15) is 0 Å². The zero-order valence-corrected chi connectivity index (χ0v) is 17.2. The minimum Gasteiger partial charge on any atom is -0.478 e. The van der Waals surface area contributed by atoms with Crippen molar-refractivity contribution in [1.82, 2.24) is 0 Å². The SMILES string of the molecule is O=C(O)C1=CC2(CCC1S(=O)(=O)Nc1ccc(Cl)cc1Cl)O[C@H](CO)[C@@H](CO)O2. The second-order valence-electron chi connectivity index (χ2n) is 6.69. The van der Waals surface area contributed by atoms with E-state index in [1.54, 1.807) is 0 Å². The molecule has 0 radical (unpaired) electrons. The predicted octanol–water partition coefficient (Wildman–Crippen LogP) is 1.37. The summed E-state index contributed by atoms with van der Waals surface area (Å²) in [5.41, 5.74) is -0.376. The third-order valence-electron chi connectivity index (χ3n) is 4.76. The highest BCUT2D eigenvalue weighted by Gasteiger charge is 2.51. The highest BCUT2D eigenvalue weighted by Crippen LogP contribution is 2.41. The summed E-state index contributed by atoms with van der Waals surface area (Å²) < 4.78 is 39.3. The van der Waals surface area contributed by atoms with Crippen molar-refractivity contribution in [2.24, 2.45) is 0 Å². The molecule has 0 saturated carbocycles. The molecule has 0 bridgehead atoms. The summed E-state index contributed by atoms with van der Waals surface area (Å²) in [6, 6.07) is 4.17. The number of hydrogen-bond donors (Lipinski definition) is 4. The lowest BCUT2D eigenvalue weighted by atomic mass is 9.94. The van der Waals surface area contributed by atoms with Gasteiger partial charge in [-0.1, -0.05) is 23.2 Å². The summed E-state index contributed by atoms with van der Waals surface area (Å²) >= 11 is 11.8. The lowest BCUT2D eigenvalue weighted by Gasteiger charge is -2.33. The number of ether oxygens (including phenoxy) is 2. The van der Waals surface area contributed by atoms with E-state index in [1.165, 1.54) is 18.2 Å². The number of carbonyl (C=O) groups is 1. The molecule has 1 spiro atoms. The monoisotopic (exact) mass is 467 g/mol. The van der Waals surface area contributed by atoms with Crippen molar-refractivity contribution in [1.29, 1.82) is 0 Å². The fourth-order valence-corrected chi connectivity index (χ4v) is 5.47. The number of anilines is 1. The predicted molar refractivity (Wildman–Crippen MR) is 104 cm³/mol. The molecule has 3 atom stereocenters. The summed E-state index contributed by atoms with van der Waals surface area (Å²) in [5, 5.41) is 27.3. The van der Waals surface area contributed by atoms with Gasteiger partial charge >= 0.3 is 5.97 Å². The van der Waals surface area contributed by atoms with Crippen LogP contribution in [0, 0.1) is 0 Å². The molecule has 2 aliphatic rings. The van der Waals surface area contributed by atoms with Gasteiger partial charge < -0.3 is 24.8 Å².